The van der Waals surface area contributed by atoms with E-state index in [1.165, 1.54) is 0 Å². The number of aliphatic carboxylic acids is 1. The van der Waals surface area contributed by atoms with Crippen molar-refractivity contribution in [3.05, 3.63) is 45.6 Å². The minimum absolute atomic E-state index is 0.000675. The summed E-state index contributed by atoms with van der Waals surface area (Å²) >= 11 is 0.976. The maximum absolute atomic E-state index is 12.1. The molecule has 0 fully saturated rings. The first-order chi connectivity index (χ1) is 12.3. The van der Waals surface area contributed by atoms with Gasteiger partial charge in [-0.3, -0.25) is 9.59 Å². The van der Waals surface area contributed by atoms with Gasteiger partial charge in [-0.05, 0) is 37.1 Å². The second-order valence-electron chi connectivity index (χ2n) is 5.60. The largest absolute Gasteiger partial charge is 0.481 e. The van der Waals surface area contributed by atoms with E-state index in [1.807, 2.05) is 26.0 Å². The molecule has 1 amide bonds. The number of nitrogen functional groups attached to an aromatic ring is 1. The number of carboxylic acids is 1. The summed E-state index contributed by atoms with van der Waals surface area (Å²) in [4.78, 5) is 42.2. The van der Waals surface area contributed by atoms with Crippen LogP contribution in [0.25, 0.3) is 0 Å². The summed E-state index contributed by atoms with van der Waals surface area (Å²) < 4.78 is 0.710. The Hall–Kier alpha value is -2.88. The second kappa shape index (κ2) is 8.48. The molecule has 0 spiro atoms. The highest BCUT2D eigenvalue weighted by atomic mass is 32.2. The fourth-order valence-electron chi connectivity index (χ4n) is 2.04. The van der Waals surface area contributed by atoms with Crippen LogP contribution >= 0.6 is 11.8 Å². The Morgan fingerprint density at radius 1 is 1.27 bits per heavy atom. The number of carboxylic acid groups (broad SMARTS) is 1. The van der Waals surface area contributed by atoms with Crippen molar-refractivity contribution in [3.63, 3.8) is 0 Å². The van der Waals surface area contributed by atoms with Crippen molar-refractivity contribution < 1.29 is 14.7 Å². The number of nitrogens with zero attached hydrogens (tertiary/aromatic N) is 3. The van der Waals surface area contributed by atoms with Crippen LogP contribution in [0.2, 0.25) is 0 Å². The third kappa shape index (κ3) is 5.31. The molecule has 0 saturated carbocycles. The summed E-state index contributed by atoms with van der Waals surface area (Å²) in [6.07, 6.45) is -0.225. The zero-order valence-electron chi connectivity index (χ0n) is 14.4. The quantitative estimate of drug-likeness (QED) is 0.473. The van der Waals surface area contributed by atoms with Crippen LogP contribution in [0.3, 0.4) is 0 Å². The zero-order chi connectivity index (χ0) is 19.3. The standard InChI is InChI=1S/C16H19N5O4S/c1-9-3-4-11(7-10(9)2)18-13(22)8-26-15-19-12(5-6-14(23)24)21(17)16(25)20-15/h3-4,7H,5-6,8,17H2,1-2H3,(H,18,22)(H,23,24). The predicted octanol–water partition coefficient (Wildman–Crippen LogP) is 0.717. The van der Waals surface area contributed by atoms with Crippen LogP contribution in [0.5, 0.6) is 0 Å². The fraction of sp³-hybridized carbons (Fsp3) is 0.312. The lowest BCUT2D eigenvalue weighted by molar-refractivity contribution is -0.137. The number of nitrogens with one attached hydrogen (secondary N) is 1. The normalized spacial score (nSPS) is 10.5. The van der Waals surface area contributed by atoms with Gasteiger partial charge in [0.05, 0.1) is 12.2 Å². The van der Waals surface area contributed by atoms with Crippen LogP contribution in [0, 0.1) is 13.8 Å². The van der Waals surface area contributed by atoms with Crippen LogP contribution in [-0.2, 0) is 16.0 Å². The van der Waals surface area contributed by atoms with Gasteiger partial charge in [0.15, 0.2) is 5.16 Å². The molecule has 1 aromatic carbocycles. The molecule has 0 bridgehead atoms. The van der Waals surface area contributed by atoms with Gasteiger partial charge in [0.25, 0.3) is 0 Å². The average molecular weight is 377 g/mol. The van der Waals surface area contributed by atoms with Gasteiger partial charge >= 0.3 is 11.7 Å². The summed E-state index contributed by atoms with van der Waals surface area (Å²) in [6.45, 7) is 3.93. The number of aromatic nitrogens is 3. The van der Waals surface area contributed by atoms with E-state index in [1.54, 1.807) is 6.07 Å². The molecule has 9 nitrogen and oxygen atoms in total. The van der Waals surface area contributed by atoms with Gasteiger partial charge in [0.2, 0.25) is 5.91 Å². The first-order valence-corrected chi connectivity index (χ1v) is 8.71. The molecule has 0 atom stereocenters. The molecule has 0 aliphatic rings. The van der Waals surface area contributed by atoms with Crippen molar-refractivity contribution in [2.75, 3.05) is 16.9 Å². The average Bonchev–Trinajstić information content (AvgIpc) is 2.57. The fourth-order valence-corrected chi connectivity index (χ4v) is 2.69. The Kier molecular flexibility index (Phi) is 6.34. The molecule has 0 aliphatic heterocycles. The van der Waals surface area contributed by atoms with E-state index in [9.17, 15) is 14.4 Å². The number of carbonyl (C=O) groups is 2. The number of amides is 1. The van der Waals surface area contributed by atoms with Crippen molar-refractivity contribution >= 4 is 29.3 Å². The molecule has 1 heterocycles. The number of nitrogens with two attached hydrogens (primary N) is 1. The lowest BCUT2D eigenvalue weighted by Crippen LogP contribution is -2.34. The minimum Gasteiger partial charge on any atom is -0.481 e. The van der Waals surface area contributed by atoms with Crippen LogP contribution in [0.4, 0.5) is 5.69 Å². The Morgan fingerprint density at radius 2 is 2.00 bits per heavy atom. The monoisotopic (exact) mass is 377 g/mol. The number of aryl methyl sites for hydroxylation is 3. The minimum atomic E-state index is -1.03. The predicted molar refractivity (Wildman–Crippen MR) is 97.7 cm³/mol. The number of thioether (sulfide) groups is 1. The van der Waals surface area contributed by atoms with Gasteiger partial charge in [0, 0.05) is 12.1 Å². The second-order valence-corrected chi connectivity index (χ2v) is 6.55. The molecule has 0 unspecified atom stereocenters. The number of hydrogen-bond acceptors (Lipinski definition) is 7. The van der Waals surface area contributed by atoms with E-state index in [-0.39, 0.29) is 35.5 Å². The van der Waals surface area contributed by atoms with Gasteiger partial charge in [-0.15, -0.1) is 0 Å². The summed E-state index contributed by atoms with van der Waals surface area (Å²) in [5.74, 6) is 4.32. The number of anilines is 1. The Balaban J connectivity index is 2.01. The van der Waals surface area contributed by atoms with E-state index in [0.29, 0.717) is 10.4 Å². The third-order valence-electron chi connectivity index (χ3n) is 3.59. The number of carbonyl (C=O) groups excluding carboxylic acids is 1. The lowest BCUT2D eigenvalue weighted by Gasteiger charge is -2.08. The molecule has 2 aromatic rings. The third-order valence-corrected chi connectivity index (χ3v) is 4.43. The van der Waals surface area contributed by atoms with Crippen molar-refractivity contribution in [3.8, 4) is 0 Å². The highest BCUT2D eigenvalue weighted by molar-refractivity contribution is 7.99. The molecule has 1 aromatic heterocycles. The van der Waals surface area contributed by atoms with Crippen molar-refractivity contribution in [2.24, 2.45) is 0 Å². The summed E-state index contributed by atoms with van der Waals surface area (Å²) in [6, 6.07) is 5.59. The molecular formula is C16H19N5O4S. The summed E-state index contributed by atoms with van der Waals surface area (Å²) in [7, 11) is 0. The molecule has 26 heavy (non-hydrogen) atoms. The zero-order valence-corrected chi connectivity index (χ0v) is 15.2. The van der Waals surface area contributed by atoms with E-state index in [2.05, 4.69) is 15.3 Å². The number of rotatable bonds is 7. The molecule has 10 heteroatoms. The first-order valence-electron chi connectivity index (χ1n) is 7.73. The molecular weight excluding hydrogens is 358 g/mol. The number of benzene rings is 1. The molecule has 0 radical (unpaired) electrons. The highest BCUT2D eigenvalue weighted by Gasteiger charge is 2.12. The summed E-state index contributed by atoms with van der Waals surface area (Å²) in [5, 5.41) is 11.6. The maximum Gasteiger partial charge on any atom is 0.370 e. The van der Waals surface area contributed by atoms with Gasteiger partial charge < -0.3 is 16.3 Å². The smallest absolute Gasteiger partial charge is 0.370 e. The first kappa shape index (κ1) is 19.4. The molecule has 138 valence electrons. The van der Waals surface area contributed by atoms with Gasteiger partial charge in [-0.1, -0.05) is 17.8 Å². The number of hydrogen-bond donors (Lipinski definition) is 3. The molecule has 0 aliphatic carbocycles. The molecule has 4 N–H and O–H groups in total. The lowest BCUT2D eigenvalue weighted by atomic mass is 10.1. The molecule has 2 rings (SSSR count). The van der Waals surface area contributed by atoms with Gasteiger partial charge in [-0.25, -0.2) is 9.78 Å². The Labute approximate surface area is 153 Å². The molecule has 0 saturated heterocycles. The Bertz CT molecular complexity index is 897. The van der Waals surface area contributed by atoms with Gasteiger partial charge in [0.1, 0.15) is 5.82 Å². The van der Waals surface area contributed by atoms with E-state index >= 15 is 0 Å². The SMILES string of the molecule is Cc1ccc(NC(=O)CSc2nc(CCC(=O)O)n(N)c(=O)n2)cc1C. The maximum atomic E-state index is 12.1. The van der Waals surface area contributed by atoms with E-state index < -0.39 is 11.7 Å². The van der Waals surface area contributed by atoms with Crippen LogP contribution in [-0.4, -0.2) is 37.4 Å². The summed E-state index contributed by atoms with van der Waals surface area (Å²) in [5.41, 5.74) is 2.12. The van der Waals surface area contributed by atoms with Crippen LogP contribution in [0.1, 0.15) is 23.4 Å². The van der Waals surface area contributed by atoms with Crippen molar-refractivity contribution in [1.82, 2.24) is 14.6 Å². The van der Waals surface area contributed by atoms with Crippen LogP contribution in [0.15, 0.2) is 28.2 Å². The van der Waals surface area contributed by atoms with E-state index in [0.717, 1.165) is 22.9 Å². The van der Waals surface area contributed by atoms with Crippen molar-refractivity contribution in [1.29, 1.82) is 0 Å². The van der Waals surface area contributed by atoms with Crippen molar-refractivity contribution in [2.45, 2.75) is 31.8 Å². The van der Waals surface area contributed by atoms with E-state index in [4.69, 9.17) is 10.9 Å². The topological polar surface area (TPSA) is 140 Å². The van der Waals surface area contributed by atoms with Gasteiger partial charge in [-0.2, -0.15) is 9.66 Å². The highest BCUT2D eigenvalue weighted by Crippen LogP contribution is 2.16. The Morgan fingerprint density at radius 3 is 2.65 bits per heavy atom. The van der Waals surface area contributed by atoms with Crippen LogP contribution < -0.4 is 16.8 Å².